The lowest BCUT2D eigenvalue weighted by Crippen LogP contribution is -2.34. The van der Waals surface area contributed by atoms with Gasteiger partial charge in [-0.1, -0.05) is 6.92 Å². The molecule has 0 fully saturated rings. The maximum Gasteiger partial charge on any atom is 0.243 e. The molecule has 22 heavy (non-hydrogen) atoms. The average molecular weight is 341 g/mol. The summed E-state index contributed by atoms with van der Waals surface area (Å²) in [5, 5.41) is 9.71. The number of anilines is 1. The Morgan fingerprint density at radius 1 is 1.45 bits per heavy atom. The van der Waals surface area contributed by atoms with Gasteiger partial charge in [-0.15, -0.1) is 0 Å². The Balaban J connectivity index is 2.08. The van der Waals surface area contributed by atoms with Gasteiger partial charge in [0.25, 0.3) is 0 Å². The van der Waals surface area contributed by atoms with Gasteiger partial charge in [-0.05, 0) is 35.7 Å². The van der Waals surface area contributed by atoms with E-state index in [2.05, 4.69) is 10.4 Å². The van der Waals surface area contributed by atoms with Crippen LogP contribution in [-0.4, -0.2) is 35.1 Å². The van der Waals surface area contributed by atoms with Crippen molar-refractivity contribution in [3.63, 3.8) is 0 Å². The molecule has 1 atom stereocenters. The maximum absolute atomic E-state index is 12.2. The Morgan fingerprint density at radius 3 is 2.86 bits per heavy atom. The Kier molecular flexibility index (Phi) is 5.36. The van der Waals surface area contributed by atoms with E-state index >= 15 is 0 Å². The van der Waals surface area contributed by atoms with Crippen molar-refractivity contribution in [1.82, 2.24) is 9.78 Å². The zero-order chi connectivity index (χ0) is 16.2. The minimum Gasteiger partial charge on any atom is -0.310 e. The molecule has 0 aliphatic rings. The van der Waals surface area contributed by atoms with E-state index in [0.29, 0.717) is 18.8 Å². The van der Waals surface area contributed by atoms with Crippen LogP contribution in [0.25, 0.3) is 0 Å². The van der Waals surface area contributed by atoms with Gasteiger partial charge in [-0.3, -0.25) is 4.79 Å². The SMILES string of the molecule is CCCS(=O)(=O)[C@H](C)C(=O)Nc1ccnn1Cc1ccsc1. The standard InChI is InChI=1S/C14H19N3O3S2/c1-3-8-22(19,20)11(2)14(18)16-13-4-6-15-17(13)9-12-5-7-21-10-12/h4-7,10-11H,3,8-9H2,1-2H3,(H,16,18)/t11-/m1/s1. The van der Waals surface area contributed by atoms with E-state index in [4.69, 9.17) is 0 Å². The molecule has 2 aromatic heterocycles. The van der Waals surface area contributed by atoms with Crippen LogP contribution in [0.1, 0.15) is 25.8 Å². The monoisotopic (exact) mass is 341 g/mol. The third-order valence-electron chi connectivity index (χ3n) is 3.28. The van der Waals surface area contributed by atoms with Gasteiger partial charge in [0.05, 0.1) is 18.5 Å². The highest BCUT2D eigenvalue weighted by atomic mass is 32.2. The molecule has 6 nitrogen and oxygen atoms in total. The van der Waals surface area contributed by atoms with Crippen molar-refractivity contribution in [1.29, 1.82) is 0 Å². The summed E-state index contributed by atoms with van der Waals surface area (Å²) in [6.07, 6.45) is 2.07. The van der Waals surface area contributed by atoms with Crippen LogP contribution in [0.3, 0.4) is 0 Å². The van der Waals surface area contributed by atoms with E-state index in [9.17, 15) is 13.2 Å². The molecular formula is C14H19N3O3S2. The predicted octanol–water partition coefficient (Wildman–Crippen LogP) is 2.14. The summed E-state index contributed by atoms with van der Waals surface area (Å²) in [5.41, 5.74) is 1.08. The fourth-order valence-corrected chi connectivity index (χ4v) is 3.94. The molecule has 2 heterocycles. The van der Waals surface area contributed by atoms with Crippen molar-refractivity contribution in [2.45, 2.75) is 32.1 Å². The Morgan fingerprint density at radius 2 is 2.23 bits per heavy atom. The first-order valence-electron chi connectivity index (χ1n) is 6.99. The van der Waals surface area contributed by atoms with E-state index in [1.54, 1.807) is 35.2 Å². The van der Waals surface area contributed by atoms with Crippen LogP contribution in [0.2, 0.25) is 0 Å². The number of aromatic nitrogens is 2. The highest BCUT2D eigenvalue weighted by Crippen LogP contribution is 2.14. The molecule has 8 heteroatoms. The molecule has 0 saturated heterocycles. The maximum atomic E-state index is 12.2. The highest BCUT2D eigenvalue weighted by molar-refractivity contribution is 7.92. The number of amides is 1. The highest BCUT2D eigenvalue weighted by Gasteiger charge is 2.27. The van der Waals surface area contributed by atoms with E-state index in [1.165, 1.54) is 6.92 Å². The molecule has 0 aliphatic carbocycles. The Bertz CT molecular complexity index is 720. The number of rotatable bonds is 7. The number of carbonyl (C=O) groups is 1. The van der Waals surface area contributed by atoms with Gasteiger partial charge in [-0.25, -0.2) is 13.1 Å². The molecule has 1 amide bonds. The topological polar surface area (TPSA) is 81.1 Å². The molecule has 2 aromatic rings. The quantitative estimate of drug-likeness (QED) is 0.836. The van der Waals surface area contributed by atoms with Crippen LogP contribution in [0, 0.1) is 0 Å². The van der Waals surface area contributed by atoms with E-state index in [-0.39, 0.29) is 5.75 Å². The Labute approximate surface area is 134 Å². The summed E-state index contributed by atoms with van der Waals surface area (Å²) in [7, 11) is -3.42. The first kappa shape index (κ1) is 16.7. The van der Waals surface area contributed by atoms with Gasteiger partial charge in [0.1, 0.15) is 11.1 Å². The second-order valence-corrected chi connectivity index (χ2v) is 8.23. The van der Waals surface area contributed by atoms with Crippen molar-refractivity contribution < 1.29 is 13.2 Å². The normalized spacial score (nSPS) is 13.0. The number of sulfone groups is 1. The van der Waals surface area contributed by atoms with Crippen LogP contribution in [-0.2, 0) is 21.2 Å². The number of hydrogen-bond donors (Lipinski definition) is 1. The van der Waals surface area contributed by atoms with Crippen molar-refractivity contribution in [3.8, 4) is 0 Å². The molecule has 0 bridgehead atoms. The summed E-state index contributed by atoms with van der Waals surface area (Å²) in [5.74, 6) is -0.0225. The van der Waals surface area contributed by atoms with Gasteiger partial charge in [-0.2, -0.15) is 16.4 Å². The largest absolute Gasteiger partial charge is 0.310 e. The number of nitrogens with one attached hydrogen (secondary N) is 1. The minimum atomic E-state index is -3.42. The van der Waals surface area contributed by atoms with Crippen LogP contribution in [0.5, 0.6) is 0 Å². The molecule has 0 aliphatic heterocycles. The lowest BCUT2D eigenvalue weighted by Gasteiger charge is -2.13. The smallest absolute Gasteiger partial charge is 0.243 e. The van der Waals surface area contributed by atoms with Crippen molar-refractivity contribution in [2.75, 3.05) is 11.1 Å². The van der Waals surface area contributed by atoms with Gasteiger partial charge in [0, 0.05) is 6.07 Å². The summed E-state index contributed by atoms with van der Waals surface area (Å²) in [4.78, 5) is 12.2. The molecule has 0 aromatic carbocycles. The third-order valence-corrected chi connectivity index (χ3v) is 6.28. The molecule has 0 saturated carbocycles. The molecule has 0 unspecified atom stereocenters. The Hall–Kier alpha value is -1.67. The van der Waals surface area contributed by atoms with Gasteiger partial charge >= 0.3 is 0 Å². The molecule has 1 N–H and O–H groups in total. The van der Waals surface area contributed by atoms with Gasteiger partial charge < -0.3 is 5.32 Å². The number of nitrogens with zero attached hydrogens (tertiary/aromatic N) is 2. The molecule has 2 rings (SSSR count). The fraction of sp³-hybridized carbons (Fsp3) is 0.429. The minimum absolute atomic E-state index is 0.00967. The second kappa shape index (κ2) is 7.06. The van der Waals surface area contributed by atoms with Crippen LogP contribution >= 0.6 is 11.3 Å². The molecular weight excluding hydrogens is 322 g/mol. The van der Waals surface area contributed by atoms with Crippen LogP contribution in [0.4, 0.5) is 5.82 Å². The number of hydrogen-bond acceptors (Lipinski definition) is 5. The van der Waals surface area contributed by atoms with Crippen LogP contribution < -0.4 is 5.32 Å². The van der Waals surface area contributed by atoms with Crippen molar-refractivity contribution in [3.05, 3.63) is 34.7 Å². The van der Waals surface area contributed by atoms with Crippen molar-refractivity contribution in [2.24, 2.45) is 0 Å². The lowest BCUT2D eigenvalue weighted by molar-refractivity contribution is -0.115. The average Bonchev–Trinajstić information content (AvgIpc) is 3.11. The summed E-state index contributed by atoms with van der Waals surface area (Å²) in [6.45, 7) is 3.72. The van der Waals surface area contributed by atoms with Gasteiger partial charge in [0.15, 0.2) is 9.84 Å². The summed E-state index contributed by atoms with van der Waals surface area (Å²) < 4.78 is 25.6. The zero-order valence-corrected chi connectivity index (χ0v) is 14.2. The lowest BCUT2D eigenvalue weighted by atomic mass is 10.3. The summed E-state index contributed by atoms with van der Waals surface area (Å²) in [6, 6.07) is 3.63. The van der Waals surface area contributed by atoms with Gasteiger partial charge in [0.2, 0.25) is 5.91 Å². The molecule has 120 valence electrons. The van der Waals surface area contributed by atoms with E-state index < -0.39 is 21.0 Å². The zero-order valence-electron chi connectivity index (χ0n) is 12.5. The molecule has 0 radical (unpaired) electrons. The second-order valence-electron chi connectivity index (χ2n) is 5.00. The van der Waals surface area contributed by atoms with Crippen LogP contribution in [0.15, 0.2) is 29.1 Å². The van der Waals surface area contributed by atoms with E-state index in [0.717, 1.165) is 5.56 Å². The number of carbonyl (C=O) groups excluding carboxylic acids is 1. The van der Waals surface area contributed by atoms with Crippen molar-refractivity contribution >= 4 is 32.9 Å². The summed E-state index contributed by atoms with van der Waals surface area (Å²) >= 11 is 1.59. The first-order chi connectivity index (χ1) is 10.4. The first-order valence-corrected chi connectivity index (χ1v) is 9.65. The van der Waals surface area contributed by atoms with E-state index in [1.807, 2.05) is 16.8 Å². The third kappa shape index (κ3) is 3.95. The molecule has 0 spiro atoms. The fourth-order valence-electron chi connectivity index (χ4n) is 1.97. The predicted molar refractivity (Wildman–Crippen MR) is 87.8 cm³/mol. The number of thiophene rings is 1.